The third-order valence-electron chi connectivity index (χ3n) is 3.55. The molecule has 3 aromatic rings. The molecule has 0 aromatic carbocycles. The van der Waals surface area contributed by atoms with E-state index >= 15 is 0 Å². The summed E-state index contributed by atoms with van der Waals surface area (Å²) in [4.78, 5) is 17.0. The zero-order valence-corrected chi connectivity index (χ0v) is 14.4. The number of aromatic nitrogens is 3. The zero-order chi connectivity index (χ0) is 17.3. The molecule has 24 heavy (non-hydrogen) atoms. The summed E-state index contributed by atoms with van der Waals surface area (Å²) in [6, 6.07) is 3.48. The highest BCUT2D eigenvalue weighted by Gasteiger charge is 2.28. The molecular weight excluding hydrogens is 328 g/mol. The van der Waals surface area contributed by atoms with Crippen LogP contribution in [0, 0.1) is 6.92 Å². The molecule has 0 saturated carbocycles. The number of hydrogen-bond acceptors (Lipinski definition) is 6. The summed E-state index contributed by atoms with van der Waals surface area (Å²) >= 11 is 1.28. The number of rotatable bonds is 5. The first kappa shape index (κ1) is 16.4. The van der Waals surface area contributed by atoms with E-state index in [-0.39, 0.29) is 12.5 Å². The summed E-state index contributed by atoms with van der Waals surface area (Å²) in [6.07, 6.45) is 5.06. The van der Waals surface area contributed by atoms with E-state index in [0.29, 0.717) is 16.4 Å². The zero-order valence-electron chi connectivity index (χ0n) is 13.6. The molecule has 3 rings (SSSR count). The van der Waals surface area contributed by atoms with Gasteiger partial charge in [-0.25, -0.2) is 4.98 Å². The van der Waals surface area contributed by atoms with Crippen LogP contribution in [0.4, 0.5) is 0 Å². The van der Waals surface area contributed by atoms with Gasteiger partial charge in [-0.3, -0.25) is 9.48 Å². The van der Waals surface area contributed by atoms with Gasteiger partial charge in [-0.05, 0) is 26.0 Å². The van der Waals surface area contributed by atoms with Gasteiger partial charge in [-0.1, -0.05) is 0 Å². The van der Waals surface area contributed by atoms with Crippen molar-refractivity contribution in [3.63, 3.8) is 0 Å². The summed E-state index contributed by atoms with van der Waals surface area (Å²) in [7, 11) is 1.82. The van der Waals surface area contributed by atoms with Gasteiger partial charge in [-0.2, -0.15) is 5.10 Å². The minimum atomic E-state index is -1.28. The maximum atomic E-state index is 12.3. The lowest BCUT2D eigenvalue weighted by molar-refractivity contribution is 0.0324. The second kappa shape index (κ2) is 6.21. The number of hydrogen-bond donors (Lipinski definition) is 2. The van der Waals surface area contributed by atoms with E-state index in [4.69, 9.17) is 4.42 Å². The summed E-state index contributed by atoms with van der Waals surface area (Å²) < 4.78 is 7.11. The predicted molar refractivity (Wildman–Crippen MR) is 89.7 cm³/mol. The second-order valence-corrected chi connectivity index (χ2v) is 6.83. The molecule has 1 atom stereocenters. The number of thiazole rings is 1. The lowest BCUT2D eigenvalue weighted by Gasteiger charge is -2.20. The van der Waals surface area contributed by atoms with Crippen molar-refractivity contribution in [2.45, 2.75) is 19.4 Å². The Bertz CT molecular complexity index is 862. The standard InChI is InChI=1S/C16H18N4O3S/c1-10-4-5-13(23-10)16(2,22)9-18-14(21)12-7-17-15(24-12)11-6-19-20(3)8-11/h4-8,22H,9H2,1-3H3,(H,18,21). The molecular formula is C16H18N4O3S. The average Bonchev–Trinajstić information content (AvgIpc) is 3.24. The lowest BCUT2D eigenvalue weighted by atomic mass is 10.0. The van der Waals surface area contributed by atoms with Crippen LogP contribution in [0.3, 0.4) is 0 Å². The molecule has 0 bridgehead atoms. The highest BCUT2D eigenvalue weighted by Crippen LogP contribution is 2.25. The first-order chi connectivity index (χ1) is 11.3. The molecule has 0 aliphatic rings. The van der Waals surface area contributed by atoms with Gasteiger partial charge in [0.2, 0.25) is 0 Å². The van der Waals surface area contributed by atoms with Gasteiger partial charge in [-0.15, -0.1) is 11.3 Å². The number of carbonyl (C=O) groups is 1. The van der Waals surface area contributed by atoms with Crippen LogP contribution < -0.4 is 5.32 Å². The smallest absolute Gasteiger partial charge is 0.263 e. The average molecular weight is 346 g/mol. The van der Waals surface area contributed by atoms with Gasteiger partial charge in [0.25, 0.3) is 5.91 Å². The minimum absolute atomic E-state index is 0.0406. The fourth-order valence-corrected chi connectivity index (χ4v) is 3.00. The van der Waals surface area contributed by atoms with E-state index in [0.717, 1.165) is 10.6 Å². The molecule has 0 spiro atoms. The highest BCUT2D eigenvalue weighted by atomic mass is 32.1. The molecule has 0 saturated heterocycles. The lowest BCUT2D eigenvalue weighted by Crippen LogP contribution is -2.38. The molecule has 0 radical (unpaired) electrons. The molecule has 3 heterocycles. The Labute approximate surface area is 143 Å². The van der Waals surface area contributed by atoms with Gasteiger partial charge in [0.05, 0.1) is 18.9 Å². The summed E-state index contributed by atoms with van der Waals surface area (Å²) in [5.41, 5.74) is -0.416. The van der Waals surface area contributed by atoms with Gasteiger partial charge in [0, 0.05) is 18.8 Å². The second-order valence-electron chi connectivity index (χ2n) is 5.80. The van der Waals surface area contributed by atoms with Crippen molar-refractivity contribution in [2.75, 3.05) is 6.54 Å². The van der Waals surface area contributed by atoms with Crippen molar-refractivity contribution in [3.8, 4) is 10.6 Å². The van der Waals surface area contributed by atoms with Crippen LogP contribution in [0.5, 0.6) is 0 Å². The van der Waals surface area contributed by atoms with E-state index in [2.05, 4.69) is 15.4 Å². The molecule has 2 N–H and O–H groups in total. The van der Waals surface area contributed by atoms with E-state index in [1.165, 1.54) is 17.5 Å². The van der Waals surface area contributed by atoms with Gasteiger partial charge in [0.15, 0.2) is 0 Å². The van der Waals surface area contributed by atoms with Crippen LogP contribution in [-0.2, 0) is 12.6 Å². The molecule has 8 heteroatoms. The number of amides is 1. The number of nitrogens with one attached hydrogen (secondary N) is 1. The first-order valence-electron chi connectivity index (χ1n) is 7.37. The Kier molecular flexibility index (Phi) is 4.25. The molecule has 0 fully saturated rings. The molecule has 126 valence electrons. The monoisotopic (exact) mass is 346 g/mol. The van der Waals surface area contributed by atoms with Crippen molar-refractivity contribution >= 4 is 17.2 Å². The van der Waals surface area contributed by atoms with E-state index in [1.54, 1.807) is 36.9 Å². The van der Waals surface area contributed by atoms with Crippen molar-refractivity contribution in [3.05, 3.63) is 47.1 Å². The van der Waals surface area contributed by atoms with Crippen LogP contribution >= 0.6 is 11.3 Å². The highest BCUT2D eigenvalue weighted by molar-refractivity contribution is 7.16. The molecule has 0 aliphatic heterocycles. The van der Waals surface area contributed by atoms with Crippen molar-refractivity contribution in [2.24, 2.45) is 7.05 Å². The molecule has 0 aliphatic carbocycles. The SMILES string of the molecule is Cc1ccc(C(C)(O)CNC(=O)c2cnc(-c3cnn(C)c3)s2)o1. The Morgan fingerprint density at radius 3 is 2.88 bits per heavy atom. The third-order valence-corrected chi connectivity index (χ3v) is 4.59. The summed E-state index contributed by atoms with van der Waals surface area (Å²) in [5.74, 6) is 0.840. The van der Waals surface area contributed by atoms with Gasteiger partial charge >= 0.3 is 0 Å². The van der Waals surface area contributed by atoms with Crippen LogP contribution in [-0.4, -0.2) is 32.3 Å². The maximum Gasteiger partial charge on any atom is 0.263 e. The van der Waals surface area contributed by atoms with Crippen molar-refractivity contribution in [1.29, 1.82) is 0 Å². The van der Waals surface area contributed by atoms with E-state index in [9.17, 15) is 9.90 Å². The van der Waals surface area contributed by atoms with Crippen LogP contribution in [0.15, 0.2) is 35.1 Å². The van der Waals surface area contributed by atoms with Gasteiger partial charge in [0.1, 0.15) is 27.0 Å². The fourth-order valence-electron chi connectivity index (χ4n) is 2.19. The number of nitrogens with zero attached hydrogens (tertiary/aromatic N) is 3. The predicted octanol–water partition coefficient (Wildman–Crippen LogP) is 2.08. The largest absolute Gasteiger partial charge is 0.463 e. The number of furan rings is 1. The Balaban J connectivity index is 1.66. The number of aryl methyl sites for hydroxylation is 2. The topological polar surface area (TPSA) is 93.2 Å². The molecule has 7 nitrogen and oxygen atoms in total. The van der Waals surface area contributed by atoms with E-state index in [1.807, 2.05) is 13.2 Å². The normalized spacial score (nSPS) is 13.7. The third kappa shape index (κ3) is 3.39. The Morgan fingerprint density at radius 2 is 2.25 bits per heavy atom. The van der Waals surface area contributed by atoms with Crippen LogP contribution in [0.2, 0.25) is 0 Å². The van der Waals surface area contributed by atoms with E-state index < -0.39 is 5.60 Å². The van der Waals surface area contributed by atoms with Gasteiger partial charge < -0.3 is 14.8 Å². The van der Waals surface area contributed by atoms with Crippen molar-refractivity contribution < 1.29 is 14.3 Å². The number of aliphatic hydroxyl groups is 1. The first-order valence-corrected chi connectivity index (χ1v) is 8.19. The maximum absolute atomic E-state index is 12.3. The fraction of sp³-hybridized carbons (Fsp3) is 0.312. The molecule has 1 amide bonds. The Hall–Kier alpha value is -2.45. The van der Waals surface area contributed by atoms with Crippen molar-refractivity contribution in [1.82, 2.24) is 20.1 Å². The number of carbonyl (C=O) groups excluding carboxylic acids is 1. The Morgan fingerprint density at radius 1 is 1.46 bits per heavy atom. The molecule has 3 aromatic heterocycles. The summed E-state index contributed by atoms with van der Waals surface area (Å²) in [6.45, 7) is 3.44. The van der Waals surface area contributed by atoms with Crippen LogP contribution in [0.25, 0.3) is 10.6 Å². The quantitative estimate of drug-likeness (QED) is 0.738. The summed E-state index contributed by atoms with van der Waals surface area (Å²) in [5, 5.41) is 18.0. The molecule has 1 unspecified atom stereocenters. The minimum Gasteiger partial charge on any atom is -0.463 e. The van der Waals surface area contributed by atoms with Crippen LogP contribution in [0.1, 0.15) is 28.1 Å².